The van der Waals surface area contributed by atoms with Crippen LogP contribution in [0.1, 0.15) is 42.0 Å². The molecule has 98 valence electrons. The normalized spacial score (nSPS) is 21.9. The molecule has 0 bridgehead atoms. The highest BCUT2D eigenvalue weighted by Crippen LogP contribution is 2.43. The zero-order valence-electron chi connectivity index (χ0n) is 11.0. The van der Waals surface area contributed by atoms with Crippen molar-refractivity contribution in [2.24, 2.45) is 0 Å². The molecule has 4 N–H and O–H groups in total. The van der Waals surface area contributed by atoms with E-state index in [0.29, 0.717) is 17.7 Å². The maximum Gasteiger partial charge on any atom is 0.222 e. The number of aryl methyl sites for hydroxylation is 1. The van der Waals surface area contributed by atoms with Crippen molar-refractivity contribution in [1.82, 2.24) is 9.97 Å². The van der Waals surface area contributed by atoms with Crippen LogP contribution in [-0.2, 0) is 6.42 Å². The molecular formula is C15H18N4. The van der Waals surface area contributed by atoms with Crippen LogP contribution in [0.5, 0.6) is 0 Å². The van der Waals surface area contributed by atoms with Gasteiger partial charge in [-0.15, -0.1) is 0 Å². The Kier molecular flexibility index (Phi) is 2.85. The lowest BCUT2D eigenvalue weighted by Crippen LogP contribution is -2.21. The molecule has 0 saturated heterocycles. The summed E-state index contributed by atoms with van der Waals surface area (Å²) in [4.78, 5) is 8.45. The Morgan fingerprint density at radius 2 is 1.84 bits per heavy atom. The van der Waals surface area contributed by atoms with E-state index in [9.17, 15) is 0 Å². The summed E-state index contributed by atoms with van der Waals surface area (Å²) in [6, 6.07) is 10.6. The Hall–Kier alpha value is -2.10. The first-order chi connectivity index (χ1) is 9.16. The molecule has 0 amide bonds. The van der Waals surface area contributed by atoms with Gasteiger partial charge in [0.2, 0.25) is 5.95 Å². The zero-order chi connectivity index (χ0) is 13.4. The van der Waals surface area contributed by atoms with Gasteiger partial charge in [0.05, 0.1) is 5.69 Å². The molecule has 4 nitrogen and oxygen atoms in total. The van der Waals surface area contributed by atoms with Gasteiger partial charge in [0.25, 0.3) is 0 Å². The topological polar surface area (TPSA) is 77.8 Å². The number of nitrogens with two attached hydrogens (primary N) is 2. The minimum atomic E-state index is 0.279. The highest BCUT2D eigenvalue weighted by molar-refractivity contribution is 5.50. The molecule has 0 radical (unpaired) electrons. The van der Waals surface area contributed by atoms with Gasteiger partial charge in [-0.3, -0.25) is 0 Å². The van der Waals surface area contributed by atoms with Gasteiger partial charge in [-0.05, 0) is 30.2 Å². The lowest BCUT2D eigenvalue weighted by molar-refractivity contribution is 0.494. The maximum atomic E-state index is 6.04. The quantitative estimate of drug-likeness (QED) is 0.819. The molecule has 1 aromatic heterocycles. The fourth-order valence-electron chi connectivity index (χ4n) is 3.14. The lowest BCUT2D eigenvalue weighted by Gasteiger charge is -2.31. The van der Waals surface area contributed by atoms with Gasteiger partial charge in [-0.2, -0.15) is 4.98 Å². The van der Waals surface area contributed by atoms with Gasteiger partial charge in [-0.25, -0.2) is 4.98 Å². The van der Waals surface area contributed by atoms with E-state index >= 15 is 0 Å². The molecule has 1 aromatic carbocycles. The summed E-state index contributed by atoms with van der Waals surface area (Å²) in [7, 11) is 0. The monoisotopic (exact) mass is 254 g/mol. The molecule has 2 aromatic rings. The molecule has 2 atom stereocenters. The summed E-state index contributed by atoms with van der Waals surface area (Å²) in [5.74, 6) is 1.62. The number of rotatable bonds is 1. The second-order valence-electron chi connectivity index (χ2n) is 5.17. The van der Waals surface area contributed by atoms with Crippen LogP contribution in [0.4, 0.5) is 11.8 Å². The van der Waals surface area contributed by atoms with E-state index in [-0.39, 0.29) is 5.95 Å². The summed E-state index contributed by atoms with van der Waals surface area (Å²) in [5.41, 5.74) is 15.2. The summed E-state index contributed by atoms with van der Waals surface area (Å²) in [5, 5.41) is 0. The second-order valence-corrected chi connectivity index (χ2v) is 5.17. The van der Waals surface area contributed by atoms with Gasteiger partial charge >= 0.3 is 0 Å². The molecule has 3 rings (SSSR count). The third-order valence-electron chi connectivity index (χ3n) is 4.05. The van der Waals surface area contributed by atoms with E-state index in [0.717, 1.165) is 24.1 Å². The van der Waals surface area contributed by atoms with Gasteiger partial charge < -0.3 is 11.5 Å². The molecule has 0 fully saturated rings. The third-order valence-corrected chi connectivity index (χ3v) is 4.05. The molecule has 1 aliphatic carbocycles. The highest BCUT2D eigenvalue weighted by Gasteiger charge is 2.30. The number of benzene rings is 1. The summed E-state index contributed by atoms with van der Waals surface area (Å²) in [6.07, 6.45) is 1.99. The number of hydrogen-bond donors (Lipinski definition) is 2. The van der Waals surface area contributed by atoms with Crippen LogP contribution in [0.3, 0.4) is 0 Å². The maximum absolute atomic E-state index is 6.04. The molecule has 0 unspecified atom stereocenters. The average molecular weight is 254 g/mol. The molecule has 0 spiro atoms. The summed E-state index contributed by atoms with van der Waals surface area (Å²) >= 11 is 0. The van der Waals surface area contributed by atoms with Crippen LogP contribution >= 0.6 is 0 Å². The molecule has 1 aliphatic rings. The van der Waals surface area contributed by atoms with E-state index in [1.807, 2.05) is 6.07 Å². The van der Waals surface area contributed by atoms with Crippen molar-refractivity contribution in [2.75, 3.05) is 11.5 Å². The van der Waals surface area contributed by atoms with Gasteiger partial charge in [0.15, 0.2) is 0 Å². The highest BCUT2D eigenvalue weighted by atomic mass is 15.0. The van der Waals surface area contributed by atoms with Crippen molar-refractivity contribution >= 4 is 11.8 Å². The average Bonchev–Trinajstić information content (AvgIpc) is 2.39. The Bertz CT molecular complexity index is 595. The van der Waals surface area contributed by atoms with Crippen molar-refractivity contribution in [3.05, 3.63) is 47.2 Å². The third kappa shape index (κ3) is 2.03. The zero-order valence-corrected chi connectivity index (χ0v) is 11.0. The van der Waals surface area contributed by atoms with E-state index < -0.39 is 0 Å². The molecular weight excluding hydrogens is 236 g/mol. The largest absolute Gasteiger partial charge is 0.383 e. The van der Waals surface area contributed by atoms with Crippen molar-refractivity contribution in [1.29, 1.82) is 0 Å². The molecule has 19 heavy (non-hydrogen) atoms. The number of hydrogen-bond acceptors (Lipinski definition) is 4. The van der Waals surface area contributed by atoms with Crippen LogP contribution in [0.15, 0.2) is 30.3 Å². The predicted molar refractivity (Wildman–Crippen MR) is 76.8 cm³/mol. The number of fused-ring (bicyclic) bond motifs is 1. The molecule has 4 heteroatoms. The van der Waals surface area contributed by atoms with E-state index in [4.69, 9.17) is 11.5 Å². The van der Waals surface area contributed by atoms with Crippen molar-refractivity contribution in [3.8, 4) is 0 Å². The molecule has 0 saturated carbocycles. The standard InChI is InChI=1S/C15H18N4/c1-9-11(10-5-3-2-4-6-10)7-8-12-13(9)14(16)19-15(17)18-12/h2-6,9,11H,7-8H2,1H3,(H4,16,17,18,19)/t9-,11-/m1/s1. The first-order valence-electron chi connectivity index (χ1n) is 6.63. The number of nitrogens with zero attached hydrogens (tertiary/aromatic N) is 2. The fraction of sp³-hybridized carbons (Fsp3) is 0.333. The smallest absolute Gasteiger partial charge is 0.222 e. The Labute approximate surface area is 112 Å². The van der Waals surface area contributed by atoms with E-state index in [1.54, 1.807) is 0 Å². The SMILES string of the molecule is C[C@H]1c2c(N)nc(N)nc2CC[C@H]1c1ccccc1. The first-order valence-corrected chi connectivity index (χ1v) is 6.63. The minimum Gasteiger partial charge on any atom is -0.383 e. The molecule has 1 heterocycles. The van der Waals surface area contributed by atoms with Crippen LogP contribution in [0.2, 0.25) is 0 Å². The number of anilines is 2. The fourth-order valence-corrected chi connectivity index (χ4v) is 3.14. The van der Waals surface area contributed by atoms with E-state index in [1.165, 1.54) is 5.56 Å². The molecule has 0 aliphatic heterocycles. The van der Waals surface area contributed by atoms with Crippen molar-refractivity contribution in [3.63, 3.8) is 0 Å². The minimum absolute atomic E-state index is 0.279. The number of nitrogen functional groups attached to an aromatic ring is 2. The van der Waals surface area contributed by atoms with Gasteiger partial charge in [0, 0.05) is 5.56 Å². The Morgan fingerprint density at radius 3 is 2.58 bits per heavy atom. The summed E-state index contributed by atoms with van der Waals surface area (Å²) in [6.45, 7) is 2.20. The van der Waals surface area contributed by atoms with Crippen LogP contribution in [0, 0.1) is 0 Å². The van der Waals surface area contributed by atoms with Crippen LogP contribution < -0.4 is 11.5 Å². The van der Waals surface area contributed by atoms with Crippen molar-refractivity contribution < 1.29 is 0 Å². The number of aromatic nitrogens is 2. The Morgan fingerprint density at radius 1 is 1.11 bits per heavy atom. The van der Waals surface area contributed by atoms with E-state index in [2.05, 4.69) is 41.2 Å². The summed E-state index contributed by atoms with van der Waals surface area (Å²) < 4.78 is 0. The van der Waals surface area contributed by atoms with Crippen LogP contribution in [0.25, 0.3) is 0 Å². The van der Waals surface area contributed by atoms with Gasteiger partial charge in [0.1, 0.15) is 5.82 Å². The van der Waals surface area contributed by atoms with Crippen molar-refractivity contribution in [2.45, 2.75) is 31.6 Å². The first kappa shape index (κ1) is 12.0. The van der Waals surface area contributed by atoms with Gasteiger partial charge in [-0.1, -0.05) is 37.3 Å². The Balaban J connectivity index is 2.03. The van der Waals surface area contributed by atoms with Crippen LogP contribution in [-0.4, -0.2) is 9.97 Å². The predicted octanol–water partition coefficient (Wildman–Crippen LogP) is 2.47. The lowest BCUT2D eigenvalue weighted by atomic mass is 9.74. The second kappa shape index (κ2) is 4.53.